The molecule has 1 atom stereocenters. The van der Waals surface area contributed by atoms with Crippen molar-refractivity contribution >= 4 is 23.5 Å². The Bertz CT molecular complexity index is 387. The molecule has 5 nitrogen and oxygen atoms in total. The van der Waals surface area contributed by atoms with E-state index in [0.717, 1.165) is 0 Å². The Kier molecular flexibility index (Phi) is 4.13. The highest BCUT2D eigenvalue weighted by molar-refractivity contribution is 6.30. The fraction of sp³-hybridized carbons (Fsp3) is 0.200. The molecular weight excluding hydrogens is 236 g/mol. The van der Waals surface area contributed by atoms with Crippen molar-refractivity contribution in [3.8, 4) is 5.75 Å². The van der Waals surface area contributed by atoms with E-state index in [4.69, 9.17) is 26.6 Å². The van der Waals surface area contributed by atoms with Crippen LogP contribution in [0.4, 0.5) is 0 Å². The van der Waals surface area contributed by atoms with Crippen LogP contribution in [0.2, 0.25) is 5.02 Å². The summed E-state index contributed by atoms with van der Waals surface area (Å²) in [4.78, 5) is 21.1. The monoisotopic (exact) mass is 244 g/mol. The standard InChI is InChI=1S/C10H9ClO5/c11-6-1-3-7(4-2-6)16-8(10(14)15)5-9(12)13/h1-4,8H,5H2,(H,12,13)(H,14,15)/t8-/m0/s1. The molecule has 0 heterocycles. The third-order valence-corrected chi connectivity index (χ3v) is 1.98. The van der Waals surface area contributed by atoms with Gasteiger partial charge in [0.1, 0.15) is 5.75 Å². The molecule has 0 aliphatic heterocycles. The third kappa shape index (κ3) is 3.78. The number of hydrogen-bond donors (Lipinski definition) is 2. The van der Waals surface area contributed by atoms with Gasteiger partial charge in [0.15, 0.2) is 0 Å². The van der Waals surface area contributed by atoms with E-state index in [1.54, 1.807) is 0 Å². The maximum atomic E-state index is 10.7. The van der Waals surface area contributed by atoms with Gasteiger partial charge < -0.3 is 14.9 Å². The van der Waals surface area contributed by atoms with Crippen molar-refractivity contribution in [3.63, 3.8) is 0 Å². The molecule has 1 aromatic carbocycles. The number of aliphatic carboxylic acids is 2. The molecule has 0 radical (unpaired) electrons. The van der Waals surface area contributed by atoms with Gasteiger partial charge in [-0.05, 0) is 24.3 Å². The van der Waals surface area contributed by atoms with Crippen LogP contribution in [0, 0.1) is 0 Å². The summed E-state index contributed by atoms with van der Waals surface area (Å²) in [5, 5.41) is 17.7. The highest BCUT2D eigenvalue weighted by atomic mass is 35.5. The van der Waals surface area contributed by atoms with Crippen molar-refractivity contribution in [2.75, 3.05) is 0 Å². The van der Waals surface area contributed by atoms with Crippen molar-refractivity contribution in [3.05, 3.63) is 29.3 Å². The Labute approximate surface area is 96.2 Å². The second-order valence-electron chi connectivity index (χ2n) is 3.00. The van der Waals surface area contributed by atoms with Gasteiger partial charge in [0.2, 0.25) is 6.10 Å². The minimum absolute atomic E-state index is 0.262. The molecule has 16 heavy (non-hydrogen) atoms. The Morgan fingerprint density at radius 1 is 1.25 bits per heavy atom. The van der Waals surface area contributed by atoms with E-state index >= 15 is 0 Å². The Balaban J connectivity index is 2.71. The van der Waals surface area contributed by atoms with Crippen LogP contribution in [0.5, 0.6) is 5.75 Å². The zero-order chi connectivity index (χ0) is 12.1. The quantitative estimate of drug-likeness (QED) is 0.823. The minimum Gasteiger partial charge on any atom is -0.481 e. The zero-order valence-corrected chi connectivity index (χ0v) is 8.85. The van der Waals surface area contributed by atoms with Gasteiger partial charge in [-0.25, -0.2) is 4.79 Å². The first-order valence-corrected chi connectivity index (χ1v) is 4.73. The second-order valence-corrected chi connectivity index (χ2v) is 3.43. The van der Waals surface area contributed by atoms with Crippen LogP contribution in [0.3, 0.4) is 0 Å². The van der Waals surface area contributed by atoms with Crippen LogP contribution < -0.4 is 4.74 Å². The lowest BCUT2D eigenvalue weighted by Gasteiger charge is -2.12. The van der Waals surface area contributed by atoms with Crippen LogP contribution >= 0.6 is 11.6 Å². The summed E-state index contributed by atoms with van der Waals surface area (Å²) in [6.45, 7) is 0. The van der Waals surface area contributed by atoms with E-state index in [0.29, 0.717) is 5.02 Å². The summed E-state index contributed by atoms with van der Waals surface area (Å²) >= 11 is 5.63. The van der Waals surface area contributed by atoms with Crippen LogP contribution in [0.15, 0.2) is 24.3 Å². The van der Waals surface area contributed by atoms with E-state index < -0.39 is 24.5 Å². The smallest absolute Gasteiger partial charge is 0.345 e. The first-order chi connectivity index (χ1) is 7.49. The lowest BCUT2D eigenvalue weighted by Crippen LogP contribution is -2.29. The van der Waals surface area contributed by atoms with Gasteiger partial charge in [0, 0.05) is 5.02 Å². The topological polar surface area (TPSA) is 83.8 Å². The van der Waals surface area contributed by atoms with Crippen molar-refractivity contribution < 1.29 is 24.5 Å². The molecule has 0 unspecified atom stereocenters. The molecule has 0 fully saturated rings. The first kappa shape index (κ1) is 12.3. The summed E-state index contributed by atoms with van der Waals surface area (Å²) in [6.07, 6.45) is -2.00. The molecule has 0 aliphatic carbocycles. The minimum atomic E-state index is -1.40. The number of halogens is 1. The van der Waals surface area contributed by atoms with Gasteiger partial charge in [0.25, 0.3) is 0 Å². The molecule has 0 amide bonds. The molecule has 0 aliphatic rings. The van der Waals surface area contributed by atoms with E-state index in [9.17, 15) is 9.59 Å². The number of benzene rings is 1. The molecule has 1 rings (SSSR count). The summed E-state index contributed by atoms with van der Waals surface area (Å²) in [7, 11) is 0. The van der Waals surface area contributed by atoms with Gasteiger partial charge in [0.05, 0.1) is 6.42 Å². The zero-order valence-electron chi connectivity index (χ0n) is 8.09. The maximum absolute atomic E-state index is 10.7. The average molecular weight is 245 g/mol. The van der Waals surface area contributed by atoms with Crippen molar-refractivity contribution in [1.29, 1.82) is 0 Å². The first-order valence-electron chi connectivity index (χ1n) is 4.36. The molecule has 0 saturated heterocycles. The molecule has 86 valence electrons. The van der Waals surface area contributed by atoms with Gasteiger partial charge in [-0.1, -0.05) is 11.6 Å². The van der Waals surface area contributed by atoms with Gasteiger partial charge in [-0.3, -0.25) is 4.79 Å². The predicted octanol–water partition coefficient (Wildman–Crippen LogP) is 1.65. The molecule has 0 saturated carbocycles. The SMILES string of the molecule is O=C(O)C[C@H](Oc1ccc(Cl)cc1)C(=O)O. The van der Waals surface area contributed by atoms with E-state index in [1.165, 1.54) is 24.3 Å². The maximum Gasteiger partial charge on any atom is 0.345 e. The fourth-order valence-electron chi connectivity index (χ4n) is 1.02. The number of rotatable bonds is 5. The highest BCUT2D eigenvalue weighted by Gasteiger charge is 2.22. The summed E-state index contributed by atoms with van der Waals surface area (Å²) < 4.78 is 5.00. The molecule has 0 aromatic heterocycles. The highest BCUT2D eigenvalue weighted by Crippen LogP contribution is 2.17. The lowest BCUT2D eigenvalue weighted by atomic mass is 10.2. The van der Waals surface area contributed by atoms with E-state index in [-0.39, 0.29) is 5.75 Å². The Morgan fingerprint density at radius 3 is 2.25 bits per heavy atom. The third-order valence-electron chi connectivity index (χ3n) is 1.73. The summed E-state index contributed by atoms with van der Waals surface area (Å²) in [5.74, 6) is -2.29. The molecule has 0 bridgehead atoms. The van der Waals surface area contributed by atoms with Crippen LogP contribution in [0.25, 0.3) is 0 Å². The van der Waals surface area contributed by atoms with Crippen LogP contribution in [0.1, 0.15) is 6.42 Å². The molecule has 1 aromatic rings. The van der Waals surface area contributed by atoms with Crippen molar-refractivity contribution in [2.45, 2.75) is 12.5 Å². The second kappa shape index (κ2) is 5.37. The van der Waals surface area contributed by atoms with Gasteiger partial charge in [-0.2, -0.15) is 0 Å². The molecule has 0 spiro atoms. The number of carboxylic acid groups (broad SMARTS) is 2. The number of ether oxygens (including phenoxy) is 1. The summed E-state index contributed by atoms with van der Waals surface area (Å²) in [5.41, 5.74) is 0. The molecule has 6 heteroatoms. The largest absolute Gasteiger partial charge is 0.481 e. The molecular formula is C10H9ClO5. The Morgan fingerprint density at radius 2 is 1.81 bits per heavy atom. The average Bonchev–Trinajstić information content (AvgIpc) is 2.19. The van der Waals surface area contributed by atoms with Gasteiger partial charge >= 0.3 is 11.9 Å². The van der Waals surface area contributed by atoms with Gasteiger partial charge in [-0.15, -0.1) is 0 Å². The number of hydrogen-bond acceptors (Lipinski definition) is 3. The summed E-state index contributed by atoms with van der Waals surface area (Å²) in [6, 6.07) is 5.99. The Hall–Kier alpha value is -1.75. The van der Waals surface area contributed by atoms with E-state index in [2.05, 4.69) is 0 Å². The normalized spacial score (nSPS) is 11.8. The number of carboxylic acids is 2. The molecule has 2 N–H and O–H groups in total. The fourth-order valence-corrected chi connectivity index (χ4v) is 1.14. The van der Waals surface area contributed by atoms with E-state index in [1.807, 2.05) is 0 Å². The number of carbonyl (C=O) groups is 2. The van der Waals surface area contributed by atoms with Crippen molar-refractivity contribution in [2.24, 2.45) is 0 Å². The van der Waals surface area contributed by atoms with Crippen LogP contribution in [-0.2, 0) is 9.59 Å². The van der Waals surface area contributed by atoms with Crippen molar-refractivity contribution in [1.82, 2.24) is 0 Å². The van der Waals surface area contributed by atoms with Crippen LogP contribution in [-0.4, -0.2) is 28.3 Å². The lowest BCUT2D eigenvalue weighted by molar-refractivity contribution is -0.151. The predicted molar refractivity (Wildman–Crippen MR) is 55.8 cm³/mol.